The molecule has 3 aromatic heterocycles. The topological polar surface area (TPSA) is 122 Å². The zero-order valence-electron chi connectivity index (χ0n) is 23.5. The first-order chi connectivity index (χ1) is 20.8. The minimum Gasteiger partial charge on any atom is -0.395 e. The molecule has 1 aliphatic heterocycles. The molecule has 1 aromatic carbocycles. The Morgan fingerprint density at radius 2 is 1.91 bits per heavy atom. The Labute approximate surface area is 246 Å². The number of hydrogen-bond acceptors (Lipinski definition) is 6. The van der Waals surface area contributed by atoms with Crippen molar-refractivity contribution in [2.75, 3.05) is 51.2 Å². The first-order valence-corrected chi connectivity index (χ1v) is 14.3. The number of piperazine rings is 1. The molecule has 224 valence electrons. The van der Waals surface area contributed by atoms with E-state index in [4.69, 9.17) is 5.11 Å². The Balaban J connectivity index is 1.10. The zero-order chi connectivity index (χ0) is 29.9. The molecule has 1 fully saturated rings. The molecule has 0 bridgehead atoms. The summed E-state index contributed by atoms with van der Waals surface area (Å²) in [5.41, 5.74) is 3.99. The number of anilines is 1. The van der Waals surface area contributed by atoms with Crippen LogP contribution in [0.3, 0.4) is 0 Å². The van der Waals surface area contributed by atoms with E-state index < -0.39 is 17.5 Å². The Hall–Kier alpha value is -4.39. The third-order valence-electron chi connectivity index (χ3n) is 8.00. The normalized spacial score (nSPS) is 17.2. The number of hydrogen-bond donors (Lipinski definition) is 4. The van der Waals surface area contributed by atoms with Crippen LogP contribution in [0.5, 0.6) is 0 Å². The number of aliphatic hydroxyl groups excluding tert-OH is 1. The lowest BCUT2D eigenvalue weighted by Gasteiger charge is -2.36. The minimum absolute atomic E-state index is 0.191. The van der Waals surface area contributed by atoms with Crippen LogP contribution in [0.25, 0.3) is 17.3 Å². The Morgan fingerprint density at radius 1 is 1.09 bits per heavy atom. The molecule has 4 aromatic rings. The maximum atomic E-state index is 13.5. The highest BCUT2D eigenvalue weighted by Crippen LogP contribution is 2.28. The van der Waals surface area contributed by atoms with Crippen LogP contribution in [0.2, 0.25) is 0 Å². The van der Waals surface area contributed by atoms with Crippen LogP contribution in [-0.2, 0) is 13.0 Å². The fraction of sp³-hybridized carbons (Fsp3) is 0.323. The summed E-state index contributed by atoms with van der Waals surface area (Å²) in [6.45, 7) is 5.95. The summed E-state index contributed by atoms with van der Waals surface area (Å²) >= 11 is 0. The predicted molar refractivity (Wildman–Crippen MR) is 159 cm³/mol. The number of aromatic amines is 2. The quantitative estimate of drug-likeness (QED) is 0.238. The van der Waals surface area contributed by atoms with E-state index in [1.807, 2.05) is 6.07 Å². The Kier molecular flexibility index (Phi) is 8.32. The second-order valence-corrected chi connectivity index (χ2v) is 11.1. The van der Waals surface area contributed by atoms with Gasteiger partial charge in [-0.3, -0.25) is 19.2 Å². The molecular formula is C31H33F2N7O3. The average molecular weight is 590 g/mol. The molecule has 0 spiro atoms. The number of fused-ring (bicyclic) bond motifs is 1. The number of benzene rings is 1. The van der Waals surface area contributed by atoms with Crippen LogP contribution in [0.4, 0.5) is 14.5 Å². The number of rotatable bonds is 9. The molecule has 43 heavy (non-hydrogen) atoms. The van der Waals surface area contributed by atoms with Gasteiger partial charge >= 0.3 is 0 Å². The van der Waals surface area contributed by atoms with Crippen molar-refractivity contribution in [1.29, 1.82) is 0 Å². The molecule has 1 aliphatic carbocycles. The number of H-pyrrole nitrogens is 2. The predicted octanol–water partition coefficient (Wildman–Crippen LogP) is 2.94. The number of amides is 1. The highest BCUT2D eigenvalue weighted by molar-refractivity contribution is 6.04. The largest absolute Gasteiger partial charge is 0.395 e. The molecule has 4 N–H and O–H groups in total. The fourth-order valence-electron chi connectivity index (χ4n) is 5.71. The number of nitrogens with one attached hydrogen (secondary N) is 3. The summed E-state index contributed by atoms with van der Waals surface area (Å²) in [6, 6.07) is 7.18. The molecule has 1 saturated heterocycles. The van der Waals surface area contributed by atoms with Gasteiger partial charge in [-0.25, -0.2) is 8.78 Å². The summed E-state index contributed by atoms with van der Waals surface area (Å²) in [6.07, 6.45) is 9.54. The van der Waals surface area contributed by atoms with Gasteiger partial charge in [0.25, 0.3) is 11.5 Å². The highest BCUT2D eigenvalue weighted by atomic mass is 19.2. The van der Waals surface area contributed by atoms with Crippen molar-refractivity contribution in [3.8, 4) is 11.3 Å². The number of halogens is 2. The molecule has 1 unspecified atom stereocenters. The van der Waals surface area contributed by atoms with E-state index in [9.17, 15) is 18.4 Å². The summed E-state index contributed by atoms with van der Waals surface area (Å²) in [7, 11) is 0. The molecule has 6 rings (SSSR count). The van der Waals surface area contributed by atoms with Gasteiger partial charge in [0.15, 0.2) is 11.6 Å². The van der Waals surface area contributed by atoms with Gasteiger partial charge in [0.05, 0.1) is 41.9 Å². The van der Waals surface area contributed by atoms with Crippen LogP contribution >= 0.6 is 0 Å². The van der Waals surface area contributed by atoms with Crippen LogP contribution < -0.4 is 10.9 Å². The van der Waals surface area contributed by atoms with E-state index in [1.165, 1.54) is 23.1 Å². The smallest absolute Gasteiger partial charge is 0.257 e. The van der Waals surface area contributed by atoms with Crippen molar-refractivity contribution < 1.29 is 18.7 Å². The lowest BCUT2D eigenvalue weighted by atomic mass is 9.93. The minimum atomic E-state index is -0.935. The van der Waals surface area contributed by atoms with Crippen molar-refractivity contribution in [2.45, 2.75) is 13.0 Å². The summed E-state index contributed by atoms with van der Waals surface area (Å²) in [5.74, 6) is -1.92. The molecule has 0 radical (unpaired) electrons. The lowest BCUT2D eigenvalue weighted by Crippen LogP contribution is -2.48. The van der Waals surface area contributed by atoms with Gasteiger partial charge in [-0.15, -0.1) is 0 Å². The maximum absolute atomic E-state index is 13.5. The van der Waals surface area contributed by atoms with Crippen LogP contribution in [0.15, 0.2) is 59.8 Å². The van der Waals surface area contributed by atoms with Crippen LogP contribution in [0.1, 0.15) is 27.2 Å². The van der Waals surface area contributed by atoms with Crippen LogP contribution in [0, 0.1) is 17.6 Å². The Bertz CT molecular complexity index is 1700. The van der Waals surface area contributed by atoms with E-state index in [1.54, 1.807) is 12.3 Å². The van der Waals surface area contributed by atoms with E-state index >= 15 is 0 Å². The standard InChI is InChI=1S/C31H33F2N7O3/c32-26-3-1-21(12-27(26)33)18-40-19-24(16-35-40)36-30(42)23-13-25(31(43)34-15-23)29-14-22-11-20(2-4-28(22)37-29)17-39-7-5-38(6-8-39)9-10-41/h1-4,12-16,19-20,37,41H,5-11,17-18H2,(H,34,43)(H,36,42). The number of carbonyl (C=O) groups is 1. The number of carbonyl (C=O) groups excluding carboxylic acids is 1. The average Bonchev–Trinajstić information content (AvgIpc) is 3.62. The van der Waals surface area contributed by atoms with Crippen molar-refractivity contribution in [1.82, 2.24) is 29.5 Å². The number of nitrogens with zero attached hydrogens (tertiary/aromatic N) is 4. The molecular weight excluding hydrogens is 556 g/mol. The van der Waals surface area contributed by atoms with Gasteiger partial charge in [-0.1, -0.05) is 12.1 Å². The zero-order valence-corrected chi connectivity index (χ0v) is 23.5. The second kappa shape index (κ2) is 12.5. The first kappa shape index (κ1) is 28.7. The fourth-order valence-corrected chi connectivity index (χ4v) is 5.71. The van der Waals surface area contributed by atoms with Crippen LogP contribution in [-0.4, -0.2) is 86.4 Å². The third kappa shape index (κ3) is 6.66. The third-order valence-corrected chi connectivity index (χ3v) is 8.00. The molecule has 4 heterocycles. The highest BCUT2D eigenvalue weighted by Gasteiger charge is 2.23. The molecule has 12 heteroatoms. The number of pyridine rings is 1. The van der Waals surface area contributed by atoms with Gasteiger partial charge in [-0.05, 0) is 53.8 Å². The van der Waals surface area contributed by atoms with E-state index in [0.29, 0.717) is 28.4 Å². The number of aliphatic hydroxyl groups is 1. The van der Waals surface area contributed by atoms with Crippen molar-refractivity contribution in [3.05, 3.63) is 99.4 Å². The van der Waals surface area contributed by atoms with E-state index in [2.05, 4.69) is 42.3 Å². The molecule has 1 atom stereocenters. The Morgan fingerprint density at radius 3 is 2.70 bits per heavy atom. The van der Waals surface area contributed by atoms with Gasteiger partial charge in [0.2, 0.25) is 0 Å². The van der Waals surface area contributed by atoms with Gasteiger partial charge in [0, 0.05) is 57.4 Å². The maximum Gasteiger partial charge on any atom is 0.257 e. The molecule has 2 aliphatic rings. The SMILES string of the molecule is O=C(Nc1cnn(Cc2ccc(F)c(F)c2)c1)c1c[nH]c(=O)c(-c2cc3c([nH]2)C=CC(CN2CCN(CCO)CC2)C3)c1. The molecule has 10 nitrogen and oxygen atoms in total. The van der Waals surface area contributed by atoms with Crippen molar-refractivity contribution in [2.24, 2.45) is 5.92 Å². The second-order valence-electron chi connectivity index (χ2n) is 11.1. The monoisotopic (exact) mass is 589 g/mol. The molecule has 1 amide bonds. The van der Waals surface area contributed by atoms with Gasteiger partial charge < -0.3 is 25.3 Å². The van der Waals surface area contributed by atoms with E-state index in [-0.39, 0.29) is 24.3 Å². The number of aromatic nitrogens is 4. The van der Waals surface area contributed by atoms with E-state index in [0.717, 1.165) is 69.1 Å². The molecule has 0 saturated carbocycles. The lowest BCUT2D eigenvalue weighted by molar-refractivity contribution is 0.102. The summed E-state index contributed by atoms with van der Waals surface area (Å²) in [4.78, 5) is 36.6. The van der Waals surface area contributed by atoms with Crippen molar-refractivity contribution in [3.63, 3.8) is 0 Å². The van der Waals surface area contributed by atoms with Gasteiger partial charge in [-0.2, -0.15) is 5.10 Å². The summed E-state index contributed by atoms with van der Waals surface area (Å²) < 4.78 is 28.2. The summed E-state index contributed by atoms with van der Waals surface area (Å²) in [5, 5.41) is 16.1. The number of β-amino-alcohol motifs (C(OH)–C–C–N with tert-alkyl or cyclic N) is 1. The van der Waals surface area contributed by atoms with Gasteiger partial charge in [0.1, 0.15) is 0 Å². The van der Waals surface area contributed by atoms with Crippen molar-refractivity contribution >= 4 is 17.7 Å². The first-order valence-electron chi connectivity index (χ1n) is 14.3.